The van der Waals surface area contributed by atoms with E-state index in [1.165, 1.54) is 0 Å². The third-order valence-corrected chi connectivity index (χ3v) is 4.37. The van der Waals surface area contributed by atoms with Crippen molar-refractivity contribution in [1.82, 2.24) is 10.2 Å². The average Bonchev–Trinajstić information content (AvgIpc) is 2.37. The minimum Gasteiger partial charge on any atom is -0.345 e. The summed E-state index contributed by atoms with van der Waals surface area (Å²) in [5.41, 5.74) is 0.110. The van der Waals surface area contributed by atoms with Crippen molar-refractivity contribution in [2.75, 3.05) is 13.1 Å². The molecule has 3 nitrogen and oxygen atoms in total. The molecule has 0 atom stereocenters. The summed E-state index contributed by atoms with van der Waals surface area (Å²) in [6.07, 6.45) is -1.58. The second-order valence-corrected chi connectivity index (χ2v) is 5.44. The van der Waals surface area contributed by atoms with Crippen molar-refractivity contribution in [3.05, 3.63) is 0 Å². The van der Waals surface area contributed by atoms with Crippen LogP contribution in [0, 0.1) is 0 Å². The van der Waals surface area contributed by atoms with Crippen LogP contribution in [-0.4, -0.2) is 41.7 Å². The molecule has 0 bridgehead atoms. The molecule has 1 aliphatic rings. The summed E-state index contributed by atoms with van der Waals surface area (Å²) in [7, 11) is 0. The van der Waals surface area contributed by atoms with Crippen molar-refractivity contribution in [2.24, 2.45) is 0 Å². The Kier molecular flexibility index (Phi) is 5.24. The molecule has 0 aromatic carbocycles. The number of alkyl halides is 3. The molecule has 0 aliphatic carbocycles. The molecular weight excluding hydrogens is 257 g/mol. The molecule has 0 spiro atoms. The lowest BCUT2D eigenvalue weighted by atomic mass is 9.90. The highest BCUT2D eigenvalue weighted by Crippen LogP contribution is 2.27. The maximum absolute atomic E-state index is 12.2. The number of rotatable bonds is 4. The zero-order valence-electron chi connectivity index (χ0n) is 11.8. The van der Waals surface area contributed by atoms with Crippen LogP contribution in [0.4, 0.5) is 13.2 Å². The van der Waals surface area contributed by atoms with Crippen LogP contribution < -0.4 is 5.32 Å². The van der Waals surface area contributed by atoms with Gasteiger partial charge in [0.2, 0.25) is 0 Å². The quantitative estimate of drug-likeness (QED) is 0.858. The molecule has 1 rings (SSSR count). The number of carbonyl (C=O) groups excluding carboxylic acids is 1. The smallest absolute Gasteiger partial charge is 0.345 e. The summed E-state index contributed by atoms with van der Waals surface area (Å²) in [6.45, 7) is 7.91. The zero-order chi connectivity index (χ0) is 14.7. The minimum atomic E-state index is -4.78. The third kappa shape index (κ3) is 4.09. The van der Waals surface area contributed by atoms with Gasteiger partial charge >= 0.3 is 12.1 Å². The maximum atomic E-state index is 12.2. The molecule has 19 heavy (non-hydrogen) atoms. The fourth-order valence-corrected chi connectivity index (χ4v) is 2.53. The Morgan fingerprint density at radius 2 is 1.68 bits per heavy atom. The Labute approximate surface area is 112 Å². The Hall–Kier alpha value is -0.780. The fourth-order valence-electron chi connectivity index (χ4n) is 2.53. The van der Waals surface area contributed by atoms with Crippen LogP contribution in [0.3, 0.4) is 0 Å². The highest BCUT2D eigenvalue weighted by molar-refractivity contribution is 5.81. The van der Waals surface area contributed by atoms with Gasteiger partial charge in [0.1, 0.15) is 0 Å². The molecular formula is C13H23F3N2O. The molecule has 1 aliphatic heterocycles. The first-order valence-electron chi connectivity index (χ1n) is 6.85. The van der Waals surface area contributed by atoms with Crippen molar-refractivity contribution in [1.29, 1.82) is 0 Å². The van der Waals surface area contributed by atoms with Crippen LogP contribution in [0.25, 0.3) is 0 Å². The lowest BCUT2D eigenvalue weighted by molar-refractivity contribution is -0.174. The van der Waals surface area contributed by atoms with Gasteiger partial charge in [-0.1, -0.05) is 13.8 Å². The molecule has 0 aromatic heterocycles. The predicted octanol–water partition coefficient (Wildman–Crippen LogP) is 2.71. The molecule has 0 aromatic rings. The third-order valence-electron chi connectivity index (χ3n) is 4.37. The van der Waals surface area contributed by atoms with Crippen LogP contribution in [0.1, 0.15) is 46.5 Å². The van der Waals surface area contributed by atoms with Crippen LogP contribution in [0.5, 0.6) is 0 Å². The fraction of sp³-hybridized carbons (Fsp3) is 0.923. The predicted molar refractivity (Wildman–Crippen MR) is 67.8 cm³/mol. The standard InChI is InChI=1S/C13H23F3N2O/c1-4-12(3,5-2)18-8-6-10(7-9-18)17-11(19)13(14,15)16/h10H,4-9H2,1-3H3,(H,17,19). The highest BCUT2D eigenvalue weighted by Gasteiger charge is 2.40. The van der Waals surface area contributed by atoms with E-state index in [1.54, 1.807) is 0 Å². The first kappa shape index (κ1) is 16.3. The van der Waals surface area contributed by atoms with Gasteiger partial charge in [0, 0.05) is 24.7 Å². The summed E-state index contributed by atoms with van der Waals surface area (Å²) in [6, 6.07) is -0.358. The van der Waals surface area contributed by atoms with Crippen molar-refractivity contribution in [2.45, 2.75) is 64.2 Å². The van der Waals surface area contributed by atoms with Crippen molar-refractivity contribution in [3.8, 4) is 0 Å². The van der Waals surface area contributed by atoms with Crippen molar-refractivity contribution in [3.63, 3.8) is 0 Å². The molecule has 0 radical (unpaired) electrons. The second kappa shape index (κ2) is 6.11. The summed E-state index contributed by atoms with van der Waals surface area (Å²) in [5.74, 6) is -1.82. The first-order valence-corrected chi connectivity index (χ1v) is 6.85. The van der Waals surface area contributed by atoms with Crippen LogP contribution in [0.15, 0.2) is 0 Å². The summed E-state index contributed by atoms with van der Waals surface area (Å²) in [5, 5.41) is 2.08. The number of nitrogens with one attached hydrogen (secondary N) is 1. The van der Waals surface area contributed by atoms with E-state index >= 15 is 0 Å². The minimum absolute atomic E-state index is 0.110. The number of piperidine rings is 1. The number of hydrogen-bond donors (Lipinski definition) is 1. The summed E-state index contributed by atoms with van der Waals surface area (Å²) >= 11 is 0. The molecule has 6 heteroatoms. The van der Waals surface area contributed by atoms with Gasteiger partial charge in [-0.25, -0.2) is 0 Å². The number of amides is 1. The van der Waals surface area contributed by atoms with Gasteiger partial charge in [-0.15, -0.1) is 0 Å². The maximum Gasteiger partial charge on any atom is 0.471 e. The lowest BCUT2D eigenvalue weighted by Gasteiger charge is -2.44. The van der Waals surface area contributed by atoms with Crippen LogP contribution in [-0.2, 0) is 4.79 Å². The van der Waals surface area contributed by atoms with E-state index < -0.39 is 12.1 Å². The molecule has 1 fully saturated rings. The van der Waals surface area contributed by atoms with Gasteiger partial charge < -0.3 is 5.32 Å². The molecule has 0 saturated carbocycles. The molecule has 112 valence electrons. The van der Waals surface area contributed by atoms with E-state index in [-0.39, 0.29) is 11.6 Å². The van der Waals surface area contributed by atoms with E-state index in [0.717, 1.165) is 25.9 Å². The SMILES string of the molecule is CCC(C)(CC)N1CCC(NC(=O)C(F)(F)F)CC1. The van der Waals surface area contributed by atoms with E-state index in [4.69, 9.17) is 0 Å². The van der Waals surface area contributed by atoms with E-state index in [9.17, 15) is 18.0 Å². The molecule has 1 saturated heterocycles. The van der Waals surface area contributed by atoms with Crippen molar-refractivity contribution < 1.29 is 18.0 Å². The summed E-state index contributed by atoms with van der Waals surface area (Å²) < 4.78 is 36.5. The molecule has 1 amide bonds. The van der Waals surface area contributed by atoms with Crippen molar-refractivity contribution >= 4 is 5.91 Å². The second-order valence-electron chi connectivity index (χ2n) is 5.44. The van der Waals surface area contributed by atoms with Crippen LogP contribution >= 0.6 is 0 Å². The highest BCUT2D eigenvalue weighted by atomic mass is 19.4. The normalized spacial score (nSPS) is 19.5. The number of halogens is 3. The van der Waals surface area contributed by atoms with Gasteiger partial charge in [0.05, 0.1) is 0 Å². The lowest BCUT2D eigenvalue weighted by Crippen LogP contribution is -2.54. The molecule has 0 unspecified atom stereocenters. The van der Waals surface area contributed by atoms with Gasteiger partial charge in [-0.05, 0) is 32.6 Å². The Morgan fingerprint density at radius 1 is 1.21 bits per heavy atom. The van der Waals surface area contributed by atoms with Gasteiger partial charge in [-0.2, -0.15) is 13.2 Å². The first-order chi connectivity index (χ1) is 8.73. The van der Waals surface area contributed by atoms with Crippen LogP contribution in [0.2, 0.25) is 0 Å². The topological polar surface area (TPSA) is 32.3 Å². The van der Waals surface area contributed by atoms with Gasteiger partial charge in [-0.3, -0.25) is 9.69 Å². The van der Waals surface area contributed by atoms with Gasteiger partial charge in [0.15, 0.2) is 0 Å². The number of nitrogens with zero attached hydrogens (tertiary/aromatic N) is 1. The molecule has 1 N–H and O–H groups in total. The average molecular weight is 280 g/mol. The number of likely N-dealkylation sites (tertiary alicyclic amines) is 1. The summed E-state index contributed by atoms with van der Waals surface area (Å²) in [4.78, 5) is 13.2. The monoisotopic (exact) mass is 280 g/mol. The van der Waals surface area contributed by atoms with E-state index in [1.807, 2.05) is 0 Å². The zero-order valence-corrected chi connectivity index (χ0v) is 11.8. The van der Waals surface area contributed by atoms with E-state index in [2.05, 4.69) is 31.0 Å². The largest absolute Gasteiger partial charge is 0.471 e. The van der Waals surface area contributed by atoms with Gasteiger partial charge in [0.25, 0.3) is 0 Å². The Morgan fingerprint density at radius 3 is 2.05 bits per heavy atom. The van der Waals surface area contributed by atoms with E-state index in [0.29, 0.717) is 12.8 Å². The Balaban J connectivity index is 2.48. The Bertz CT molecular complexity index is 306. The molecule has 1 heterocycles. The number of carbonyl (C=O) groups is 1. The number of hydrogen-bond acceptors (Lipinski definition) is 2.